The van der Waals surface area contributed by atoms with Gasteiger partial charge in [0.25, 0.3) is 0 Å². The maximum Gasteiger partial charge on any atom is 0.133 e. The minimum Gasteiger partial charge on any atom is -0.464 e. The van der Waals surface area contributed by atoms with Crippen LogP contribution in [0.15, 0.2) is 34.9 Å². The molecule has 2 aromatic rings. The van der Waals surface area contributed by atoms with Gasteiger partial charge in [0.05, 0.1) is 12.1 Å². The van der Waals surface area contributed by atoms with E-state index < -0.39 is 0 Å². The van der Waals surface area contributed by atoms with Gasteiger partial charge in [0, 0.05) is 10.9 Å². The molecule has 0 fully saturated rings. The average Bonchev–Trinajstić information content (AvgIpc) is 2.61. The van der Waals surface area contributed by atoms with E-state index in [1.165, 1.54) is 0 Å². The Bertz CT molecular complexity index is 473. The van der Waals surface area contributed by atoms with E-state index in [0.717, 1.165) is 16.5 Å². The topological polar surface area (TPSA) is 13.1 Å². The first-order valence-electron chi connectivity index (χ1n) is 3.92. The zero-order valence-electron chi connectivity index (χ0n) is 6.88. The van der Waals surface area contributed by atoms with Crippen molar-refractivity contribution in [2.75, 3.05) is 5.88 Å². The Morgan fingerprint density at radius 3 is 3.08 bits per heavy atom. The molecule has 0 aliphatic carbocycles. The second-order valence-corrected chi connectivity index (χ2v) is 2.88. The largest absolute Gasteiger partial charge is 0.464 e. The minimum absolute atomic E-state index is 0.365. The zero-order chi connectivity index (χ0) is 9.10. The molecule has 0 aliphatic heterocycles. The number of halogens is 1. The summed E-state index contributed by atoms with van der Waals surface area (Å²) in [6, 6.07) is 7.73. The fourth-order valence-corrected chi connectivity index (χ4v) is 1.25. The van der Waals surface area contributed by atoms with Crippen LogP contribution in [0.5, 0.6) is 0 Å². The Balaban J connectivity index is 2.48. The maximum absolute atomic E-state index is 5.46. The molecule has 0 unspecified atom stereocenters. The first kappa shape index (κ1) is 8.22. The first-order valence-corrected chi connectivity index (χ1v) is 4.46. The highest BCUT2D eigenvalue weighted by Gasteiger charge is 1.95. The van der Waals surface area contributed by atoms with E-state index in [2.05, 4.69) is 11.8 Å². The molecule has 1 heterocycles. The van der Waals surface area contributed by atoms with Crippen molar-refractivity contribution in [1.29, 1.82) is 0 Å². The van der Waals surface area contributed by atoms with Crippen LogP contribution in [0, 0.1) is 11.8 Å². The molecule has 2 heteroatoms. The summed E-state index contributed by atoms with van der Waals surface area (Å²) >= 11 is 5.46. The quantitative estimate of drug-likeness (QED) is 0.460. The monoisotopic (exact) mass is 190 g/mol. The van der Waals surface area contributed by atoms with E-state index >= 15 is 0 Å². The molecule has 13 heavy (non-hydrogen) atoms. The summed E-state index contributed by atoms with van der Waals surface area (Å²) in [5, 5.41) is 1.07. The van der Waals surface area contributed by atoms with Gasteiger partial charge in [0.1, 0.15) is 5.58 Å². The molecule has 0 amide bonds. The summed E-state index contributed by atoms with van der Waals surface area (Å²) in [7, 11) is 0. The van der Waals surface area contributed by atoms with Gasteiger partial charge in [-0.2, -0.15) is 0 Å². The van der Waals surface area contributed by atoms with E-state index in [1.807, 2.05) is 24.3 Å². The third-order valence-corrected chi connectivity index (χ3v) is 1.89. The highest BCUT2D eigenvalue weighted by molar-refractivity contribution is 6.19. The van der Waals surface area contributed by atoms with Gasteiger partial charge in [-0.05, 0) is 24.3 Å². The van der Waals surface area contributed by atoms with Gasteiger partial charge in [-0.15, -0.1) is 11.6 Å². The summed E-state index contributed by atoms with van der Waals surface area (Å²) in [5.74, 6) is 6.12. The number of benzene rings is 1. The maximum atomic E-state index is 5.46. The predicted molar refractivity (Wildman–Crippen MR) is 53.8 cm³/mol. The van der Waals surface area contributed by atoms with Gasteiger partial charge in [0.15, 0.2) is 0 Å². The molecule has 0 saturated heterocycles. The summed E-state index contributed by atoms with van der Waals surface area (Å²) in [6.07, 6.45) is 1.67. The molecular weight excluding hydrogens is 184 g/mol. The van der Waals surface area contributed by atoms with Crippen LogP contribution in [0.2, 0.25) is 0 Å². The van der Waals surface area contributed by atoms with Crippen molar-refractivity contribution < 1.29 is 4.42 Å². The van der Waals surface area contributed by atoms with Crippen LogP contribution in [-0.2, 0) is 0 Å². The predicted octanol–water partition coefficient (Wildman–Crippen LogP) is 3.02. The van der Waals surface area contributed by atoms with Gasteiger partial charge in [-0.3, -0.25) is 0 Å². The Morgan fingerprint density at radius 2 is 2.23 bits per heavy atom. The highest BCUT2D eigenvalue weighted by Crippen LogP contribution is 2.16. The molecule has 1 aromatic heterocycles. The Morgan fingerprint density at radius 1 is 1.31 bits per heavy atom. The van der Waals surface area contributed by atoms with Crippen LogP contribution in [0.3, 0.4) is 0 Å². The molecular formula is C11H7ClO. The van der Waals surface area contributed by atoms with E-state index in [9.17, 15) is 0 Å². The minimum atomic E-state index is 0.365. The smallest absolute Gasteiger partial charge is 0.133 e. The van der Waals surface area contributed by atoms with E-state index in [4.69, 9.17) is 16.0 Å². The second-order valence-electron chi connectivity index (χ2n) is 2.61. The van der Waals surface area contributed by atoms with E-state index in [0.29, 0.717) is 5.88 Å². The lowest BCUT2D eigenvalue weighted by atomic mass is 10.2. The molecule has 1 nitrogen and oxygen atoms in total. The zero-order valence-corrected chi connectivity index (χ0v) is 7.64. The number of fused-ring (bicyclic) bond motifs is 1. The molecule has 0 saturated carbocycles. The van der Waals surface area contributed by atoms with Gasteiger partial charge in [-0.1, -0.05) is 11.8 Å². The van der Waals surface area contributed by atoms with Crippen LogP contribution in [0.25, 0.3) is 11.0 Å². The molecule has 0 radical (unpaired) electrons. The van der Waals surface area contributed by atoms with Crippen molar-refractivity contribution in [2.24, 2.45) is 0 Å². The van der Waals surface area contributed by atoms with Crippen LogP contribution >= 0.6 is 11.6 Å². The van der Waals surface area contributed by atoms with Crippen molar-refractivity contribution in [1.82, 2.24) is 0 Å². The Kier molecular flexibility index (Phi) is 2.25. The lowest BCUT2D eigenvalue weighted by Gasteiger charge is -1.89. The normalized spacial score (nSPS) is 9.62. The van der Waals surface area contributed by atoms with Crippen molar-refractivity contribution in [2.45, 2.75) is 0 Å². The van der Waals surface area contributed by atoms with Crippen molar-refractivity contribution in [3.8, 4) is 11.8 Å². The fraction of sp³-hybridized carbons (Fsp3) is 0.0909. The summed E-state index contributed by atoms with van der Waals surface area (Å²) in [4.78, 5) is 0. The lowest BCUT2D eigenvalue weighted by Crippen LogP contribution is -1.73. The lowest BCUT2D eigenvalue weighted by molar-refractivity contribution is 0.616. The number of rotatable bonds is 0. The standard InChI is InChI=1S/C11H7ClO/c12-6-1-2-9-3-4-11-10(8-9)5-7-13-11/h3-5,7-8H,6H2. The summed E-state index contributed by atoms with van der Waals surface area (Å²) < 4.78 is 5.20. The van der Waals surface area contributed by atoms with Crippen LogP contribution < -0.4 is 0 Å². The van der Waals surface area contributed by atoms with Gasteiger partial charge in [-0.25, -0.2) is 0 Å². The van der Waals surface area contributed by atoms with Crippen LogP contribution in [0.1, 0.15) is 5.56 Å². The van der Waals surface area contributed by atoms with Gasteiger partial charge in [0.2, 0.25) is 0 Å². The third-order valence-electron chi connectivity index (χ3n) is 1.75. The highest BCUT2D eigenvalue weighted by atomic mass is 35.5. The molecule has 0 spiro atoms. The Labute approximate surface area is 81.3 Å². The Hall–Kier alpha value is -1.39. The molecule has 0 aliphatic rings. The third kappa shape index (κ3) is 1.68. The molecule has 0 atom stereocenters. The fourth-order valence-electron chi connectivity index (χ4n) is 1.18. The molecule has 1 aromatic carbocycles. The number of alkyl halides is 1. The van der Waals surface area contributed by atoms with Crippen molar-refractivity contribution in [3.63, 3.8) is 0 Å². The van der Waals surface area contributed by atoms with E-state index in [1.54, 1.807) is 6.26 Å². The van der Waals surface area contributed by atoms with Crippen LogP contribution in [0.4, 0.5) is 0 Å². The molecule has 2 rings (SSSR count). The molecule has 0 N–H and O–H groups in total. The average molecular weight is 191 g/mol. The van der Waals surface area contributed by atoms with Crippen LogP contribution in [-0.4, -0.2) is 5.88 Å². The second kappa shape index (κ2) is 3.55. The van der Waals surface area contributed by atoms with E-state index in [-0.39, 0.29) is 0 Å². The number of hydrogen-bond donors (Lipinski definition) is 0. The van der Waals surface area contributed by atoms with Gasteiger partial charge >= 0.3 is 0 Å². The number of hydrogen-bond acceptors (Lipinski definition) is 1. The SMILES string of the molecule is ClCC#Cc1ccc2occc2c1. The molecule has 0 bridgehead atoms. The van der Waals surface area contributed by atoms with Gasteiger partial charge < -0.3 is 4.42 Å². The molecule has 64 valence electrons. The first-order chi connectivity index (χ1) is 6.40. The summed E-state index contributed by atoms with van der Waals surface area (Å²) in [5.41, 5.74) is 1.85. The summed E-state index contributed by atoms with van der Waals surface area (Å²) in [6.45, 7) is 0. The number of furan rings is 1. The van der Waals surface area contributed by atoms with Crippen molar-refractivity contribution >= 4 is 22.6 Å². The van der Waals surface area contributed by atoms with Crippen molar-refractivity contribution in [3.05, 3.63) is 36.1 Å².